The molecule has 1 aromatic heterocycles. The van der Waals surface area contributed by atoms with E-state index in [0.717, 1.165) is 11.3 Å². The van der Waals surface area contributed by atoms with E-state index in [0.29, 0.717) is 11.3 Å². The number of nitro groups is 1. The molecule has 0 fully saturated rings. The number of aromatic nitrogens is 1. The number of amides is 1. The molecular weight excluding hydrogens is 311 g/mol. The molecule has 0 aliphatic heterocycles. The first kappa shape index (κ1) is 14.9. The van der Waals surface area contributed by atoms with Crippen LogP contribution in [-0.4, -0.2) is 22.0 Å². The van der Waals surface area contributed by atoms with Crippen LogP contribution in [0.3, 0.4) is 0 Å². The second-order valence-electron chi connectivity index (χ2n) is 3.79. The molecule has 1 N–H and O–H groups in total. The van der Waals surface area contributed by atoms with Crippen molar-refractivity contribution in [3.05, 3.63) is 39.8 Å². The highest BCUT2D eigenvalue weighted by atomic mass is 32.1. The largest absolute Gasteiger partial charge is 0.471 e. The van der Waals surface area contributed by atoms with Gasteiger partial charge in [-0.25, -0.2) is 4.98 Å². The zero-order chi connectivity index (χ0) is 15.6. The normalized spacial score (nSPS) is 11.2. The topological polar surface area (TPSA) is 85.1 Å². The average Bonchev–Trinajstić information content (AvgIpc) is 2.86. The van der Waals surface area contributed by atoms with Gasteiger partial charge >= 0.3 is 12.1 Å². The van der Waals surface area contributed by atoms with Crippen LogP contribution in [0.1, 0.15) is 0 Å². The van der Waals surface area contributed by atoms with Crippen molar-refractivity contribution in [3.63, 3.8) is 0 Å². The van der Waals surface area contributed by atoms with Crippen LogP contribution < -0.4 is 5.32 Å². The lowest BCUT2D eigenvalue weighted by Gasteiger charge is -2.04. The number of hydrogen-bond acceptors (Lipinski definition) is 5. The first-order valence-electron chi connectivity index (χ1n) is 5.36. The Balaban J connectivity index is 2.16. The summed E-state index contributed by atoms with van der Waals surface area (Å²) in [6.07, 6.45) is -4.99. The van der Waals surface area contributed by atoms with E-state index < -0.39 is 17.0 Å². The summed E-state index contributed by atoms with van der Waals surface area (Å²) >= 11 is 0.822. The molecule has 0 saturated heterocycles. The van der Waals surface area contributed by atoms with E-state index in [4.69, 9.17) is 0 Å². The smallest absolute Gasteiger partial charge is 0.294 e. The highest BCUT2D eigenvalue weighted by molar-refractivity contribution is 7.14. The minimum atomic E-state index is -4.99. The zero-order valence-electron chi connectivity index (χ0n) is 10.0. The Labute approximate surface area is 119 Å². The van der Waals surface area contributed by atoms with Gasteiger partial charge in [0.1, 0.15) is 0 Å². The predicted octanol–water partition coefficient (Wildman–Crippen LogP) is 3.22. The van der Waals surface area contributed by atoms with E-state index in [-0.39, 0.29) is 10.8 Å². The fraction of sp³-hybridized carbons (Fsp3) is 0.0909. The molecule has 0 aliphatic rings. The SMILES string of the molecule is O=C(Nc1nc(-c2ccc([N+](=O)[O-])cc2)cs1)C(F)(F)F. The Kier molecular flexibility index (Phi) is 3.89. The van der Waals surface area contributed by atoms with E-state index in [9.17, 15) is 28.1 Å². The van der Waals surface area contributed by atoms with Crippen molar-refractivity contribution in [2.75, 3.05) is 5.32 Å². The van der Waals surface area contributed by atoms with Crippen LogP contribution in [0.2, 0.25) is 0 Å². The molecule has 0 bridgehead atoms. The minimum Gasteiger partial charge on any atom is -0.294 e. The predicted molar refractivity (Wildman–Crippen MR) is 68.9 cm³/mol. The third-order valence-electron chi connectivity index (χ3n) is 2.36. The van der Waals surface area contributed by atoms with E-state index in [1.165, 1.54) is 29.6 Å². The maximum absolute atomic E-state index is 12.1. The number of nitrogens with one attached hydrogen (secondary N) is 1. The van der Waals surface area contributed by atoms with Crippen molar-refractivity contribution in [1.29, 1.82) is 0 Å². The van der Waals surface area contributed by atoms with Crippen LogP contribution in [0.25, 0.3) is 11.3 Å². The van der Waals surface area contributed by atoms with Gasteiger partial charge in [-0.1, -0.05) is 0 Å². The third-order valence-corrected chi connectivity index (χ3v) is 3.11. The van der Waals surface area contributed by atoms with Crippen molar-refractivity contribution in [2.45, 2.75) is 6.18 Å². The Morgan fingerprint density at radius 1 is 1.29 bits per heavy atom. The molecule has 0 radical (unpaired) electrons. The summed E-state index contributed by atoms with van der Waals surface area (Å²) in [5.41, 5.74) is 0.691. The number of carbonyl (C=O) groups excluding carboxylic acids is 1. The molecule has 2 aromatic rings. The first-order chi connectivity index (χ1) is 9.77. The highest BCUT2D eigenvalue weighted by Gasteiger charge is 2.39. The third kappa shape index (κ3) is 3.54. The first-order valence-corrected chi connectivity index (χ1v) is 6.24. The number of nitrogens with zero attached hydrogens (tertiary/aromatic N) is 2. The van der Waals surface area contributed by atoms with Gasteiger partial charge in [-0.15, -0.1) is 11.3 Å². The lowest BCUT2D eigenvalue weighted by atomic mass is 10.1. The number of hydrogen-bond donors (Lipinski definition) is 1. The number of anilines is 1. The van der Waals surface area contributed by atoms with E-state index in [1.54, 1.807) is 5.32 Å². The monoisotopic (exact) mass is 317 g/mol. The van der Waals surface area contributed by atoms with Crippen molar-refractivity contribution in [1.82, 2.24) is 4.98 Å². The fourth-order valence-corrected chi connectivity index (χ4v) is 2.10. The molecule has 0 atom stereocenters. The summed E-state index contributed by atoms with van der Waals surface area (Å²) in [5, 5.41) is 13.4. The number of halogens is 3. The summed E-state index contributed by atoms with van der Waals surface area (Å²) in [5.74, 6) is -2.10. The molecule has 2 rings (SSSR count). The standard InChI is InChI=1S/C11H6F3N3O3S/c12-11(13,14)9(18)16-10-15-8(5-21-10)6-1-3-7(4-2-6)17(19)20/h1-5H,(H,15,16,18). The lowest BCUT2D eigenvalue weighted by molar-refractivity contribution is -0.384. The molecule has 110 valence electrons. The Bertz CT molecular complexity index is 682. The maximum Gasteiger partial charge on any atom is 0.471 e. The summed E-state index contributed by atoms with van der Waals surface area (Å²) in [4.78, 5) is 24.5. The van der Waals surface area contributed by atoms with Crippen molar-refractivity contribution in [3.8, 4) is 11.3 Å². The zero-order valence-corrected chi connectivity index (χ0v) is 10.9. The lowest BCUT2D eigenvalue weighted by Crippen LogP contribution is -2.29. The van der Waals surface area contributed by atoms with Gasteiger partial charge in [0, 0.05) is 23.1 Å². The quantitative estimate of drug-likeness (QED) is 0.695. The Hall–Kier alpha value is -2.49. The van der Waals surface area contributed by atoms with Crippen LogP contribution in [0, 0.1) is 10.1 Å². The maximum atomic E-state index is 12.1. The molecule has 6 nitrogen and oxygen atoms in total. The summed E-state index contributed by atoms with van der Waals surface area (Å²) < 4.78 is 36.3. The van der Waals surface area contributed by atoms with Crippen molar-refractivity contribution in [2.24, 2.45) is 0 Å². The molecule has 0 unspecified atom stereocenters. The van der Waals surface area contributed by atoms with Crippen LogP contribution in [0.15, 0.2) is 29.6 Å². The molecule has 0 aliphatic carbocycles. The highest BCUT2D eigenvalue weighted by Crippen LogP contribution is 2.27. The van der Waals surface area contributed by atoms with Crippen LogP contribution in [-0.2, 0) is 4.79 Å². The second kappa shape index (κ2) is 5.48. The van der Waals surface area contributed by atoms with Crippen molar-refractivity contribution >= 4 is 28.1 Å². The minimum absolute atomic E-state index is 0.112. The number of rotatable bonds is 3. The molecular formula is C11H6F3N3O3S. The van der Waals surface area contributed by atoms with Crippen LogP contribution in [0.4, 0.5) is 24.0 Å². The molecule has 10 heteroatoms. The number of benzene rings is 1. The van der Waals surface area contributed by atoms with Gasteiger partial charge < -0.3 is 0 Å². The van der Waals surface area contributed by atoms with E-state index >= 15 is 0 Å². The molecule has 1 aromatic carbocycles. The Morgan fingerprint density at radius 3 is 2.43 bits per heavy atom. The van der Waals surface area contributed by atoms with Gasteiger partial charge in [0.05, 0.1) is 10.6 Å². The number of alkyl halides is 3. The van der Waals surface area contributed by atoms with Gasteiger partial charge in [-0.3, -0.25) is 20.2 Å². The average molecular weight is 317 g/mol. The van der Waals surface area contributed by atoms with Crippen LogP contribution in [0.5, 0.6) is 0 Å². The Morgan fingerprint density at radius 2 is 1.90 bits per heavy atom. The summed E-state index contributed by atoms with van der Waals surface area (Å²) in [6, 6.07) is 5.34. The molecule has 21 heavy (non-hydrogen) atoms. The summed E-state index contributed by atoms with van der Waals surface area (Å²) in [6.45, 7) is 0. The number of carbonyl (C=O) groups is 1. The van der Waals surface area contributed by atoms with Crippen LogP contribution >= 0.6 is 11.3 Å². The van der Waals surface area contributed by atoms with Gasteiger partial charge in [-0.05, 0) is 12.1 Å². The summed E-state index contributed by atoms with van der Waals surface area (Å²) in [7, 11) is 0. The number of thiazole rings is 1. The molecule has 1 amide bonds. The van der Waals surface area contributed by atoms with Gasteiger partial charge in [0.25, 0.3) is 5.69 Å². The number of non-ortho nitro benzene ring substituents is 1. The molecule has 0 spiro atoms. The second-order valence-corrected chi connectivity index (χ2v) is 4.65. The fourth-order valence-electron chi connectivity index (χ4n) is 1.39. The number of nitro benzene ring substituents is 1. The molecule has 0 saturated carbocycles. The van der Waals surface area contributed by atoms with Gasteiger partial charge in [-0.2, -0.15) is 13.2 Å². The molecule has 1 heterocycles. The van der Waals surface area contributed by atoms with Crippen molar-refractivity contribution < 1.29 is 22.9 Å². The van der Waals surface area contributed by atoms with Gasteiger partial charge in [0.2, 0.25) is 0 Å². The van der Waals surface area contributed by atoms with E-state index in [2.05, 4.69) is 4.98 Å². The van der Waals surface area contributed by atoms with Gasteiger partial charge in [0.15, 0.2) is 5.13 Å². The van der Waals surface area contributed by atoms with E-state index in [1.807, 2.05) is 0 Å².